The van der Waals surface area contributed by atoms with E-state index in [0.29, 0.717) is 92.7 Å². The molecule has 3 aromatic heterocycles. The van der Waals surface area contributed by atoms with Crippen molar-refractivity contribution in [3.05, 3.63) is 87.8 Å². The lowest BCUT2D eigenvalue weighted by atomic mass is 9.91. The summed E-state index contributed by atoms with van der Waals surface area (Å²) in [5, 5.41) is 30.2. The number of aromatic nitrogens is 3. The van der Waals surface area contributed by atoms with Gasteiger partial charge in [-0.1, -0.05) is 36.4 Å². The van der Waals surface area contributed by atoms with E-state index in [1.54, 1.807) is 13.2 Å². The van der Waals surface area contributed by atoms with Gasteiger partial charge < -0.3 is 33.6 Å². The van der Waals surface area contributed by atoms with Gasteiger partial charge in [0, 0.05) is 58.1 Å². The maximum absolute atomic E-state index is 14.5. The fraction of sp³-hybridized carbons (Fsp3) is 0.419. The molecule has 0 radical (unpaired) electrons. The Morgan fingerprint density at radius 1 is 1.03 bits per heavy atom. The van der Waals surface area contributed by atoms with Crippen LogP contribution in [0.5, 0.6) is 11.8 Å². The lowest BCUT2D eigenvalue weighted by Gasteiger charge is -2.21. The lowest BCUT2D eigenvalue weighted by molar-refractivity contribution is -0.144. The number of aliphatic carboxylic acids is 1. The van der Waals surface area contributed by atoms with Gasteiger partial charge in [0.05, 0.1) is 24.5 Å². The van der Waals surface area contributed by atoms with Gasteiger partial charge in [-0.05, 0) is 73.0 Å². The molecule has 308 valence electrons. The van der Waals surface area contributed by atoms with Gasteiger partial charge in [0.15, 0.2) is 5.58 Å². The fourth-order valence-electron chi connectivity index (χ4n) is 8.77. The molecule has 1 aliphatic carbocycles. The molecule has 0 unspecified atom stereocenters. The molecular formula is C43H44F3N7O6. The molecule has 0 saturated carbocycles. The average molecular weight is 812 g/mol. The molecule has 8 rings (SSSR count). The highest BCUT2D eigenvalue weighted by Gasteiger charge is 2.41. The Bertz CT molecular complexity index is 2540. The lowest BCUT2D eigenvalue weighted by Crippen LogP contribution is -2.31. The van der Waals surface area contributed by atoms with E-state index in [9.17, 15) is 33.4 Å². The third-order valence-electron chi connectivity index (χ3n) is 11.7. The number of aliphatic hydroxyl groups excluding tert-OH is 1. The quantitative estimate of drug-likeness (QED) is 0.158. The predicted octanol–water partition coefficient (Wildman–Crippen LogP) is 6.14. The number of alkyl halides is 3. The first-order valence-electron chi connectivity index (χ1n) is 19.6. The van der Waals surface area contributed by atoms with E-state index in [1.165, 1.54) is 7.11 Å². The third kappa shape index (κ3) is 7.77. The topological polar surface area (TPSA) is 162 Å². The molecular weight excluding hydrogens is 768 g/mol. The summed E-state index contributed by atoms with van der Waals surface area (Å²) in [6.07, 6.45) is -2.29. The first-order chi connectivity index (χ1) is 28.4. The molecule has 2 aliphatic heterocycles. The number of rotatable bonds is 11. The highest BCUT2D eigenvalue weighted by molar-refractivity contribution is 5.88. The molecule has 2 saturated heterocycles. The first kappa shape index (κ1) is 40.0. The average Bonchev–Trinajstić information content (AvgIpc) is 4.04. The van der Waals surface area contributed by atoms with Crippen molar-refractivity contribution < 1.29 is 42.1 Å². The molecule has 0 amide bonds. The molecule has 2 N–H and O–H groups in total. The van der Waals surface area contributed by atoms with Gasteiger partial charge in [0.2, 0.25) is 17.5 Å². The number of carbonyl (C=O) groups is 1. The summed E-state index contributed by atoms with van der Waals surface area (Å²) in [5.41, 5.74) is 5.44. The van der Waals surface area contributed by atoms with Crippen LogP contribution in [0.15, 0.2) is 58.1 Å². The number of hydrogen-bond donors (Lipinski definition) is 2. The van der Waals surface area contributed by atoms with E-state index in [1.807, 2.05) is 58.9 Å². The Hall–Kier alpha value is -5.76. The van der Waals surface area contributed by atoms with Gasteiger partial charge in [0.25, 0.3) is 0 Å². The molecule has 0 spiro atoms. The maximum Gasteiger partial charge on any atom is 0.438 e. The summed E-state index contributed by atoms with van der Waals surface area (Å²) in [5.74, 6) is -1.33. The van der Waals surface area contributed by atoms with Crippen molar-refractivity contribution >= 4 is 16.9 Å². The maximum atomic E-state index is 14.5. The van der Waals surface area contributed by atoms with Crippen LogP contribution in [-0.2, 0) is 30.5 Å². The van der Waals surface area contributed by atoms with Crippen molar-refractivity contribution in [2.24, 2.45) is 10.9 Å². The minimum absolute atomic E-state index is 0.0216. The first-order valence-corrected chi connectivity index (χ1v) is 19.6. The van der Waals surface area contributed by atoms with Crippen molar-refractivity contribution in [1.82, 2.24) is 24.3 Å². The van der Waals surface area contributed by atoms with E-state index in [2.05, 4.69) is 25.9 Å². The van der Waals surface area contributed by atoms with E-state index in [4.69, 9.17) is 13.9 Å². The predicted molar refractivity (Wildman–Crippen MR) is 209 cm³/mol. The summed E-state index contributed by atoms with van der Waals surface area (Å²) in [4.78, 5) is 28.2. The number of ether oxygens (including phenoxy) is 2. The molecule has 5 aromatic rings. The van der Waals surface area contributed by atoms with Crippen LogP contribution in [0.1, 0.15) is 59.0 Å². The molecule has 2 aromatic carbocycles. The number of aliphatic hydroxyl groups is 1. The summed E-state index contributed by atoms with van der Waals surface area (Å²) in [7, 11) is 3.01. The van der Waals surface area contributed by atoms with Gasteiger partial charge in [-0.2, -0.15) is 23.4 Å². The zero-order chi connectivity index (χ0) is 41.6. The SMILES string of the molecule is C/N=c1/c2cc(-c3cccc(-c4cccc5c4CC[C@@H]5Oc4nc(OC)c(CN5CC[C@@H](O)C5)nc4C(F)(F)F)c3C)oc2c(C#N)cn1CCN1CC[C@@H](C(=O)O)C1. The summed E-state index contributed by atoms with van der Waals surface area (Å²) < 4.78 is 63.3. The van der Waals surface area contributed by atoms with Crippen LogP contribution >= 0.6 is 0 Å². The van der Waals surface area contributed by atoms with Gasteiger partial charge >= 0.3 is 12.1 Å². The smallest absolute Gasteiger partial charge is 0.438 e. The number of β-amino-alcohol motifs (C(OH)–C–C–N with tert-alkyl or cyclic N) is 1. The second kappa shape index (κ2) is 16.1. The van der Waals surface area contributed by atoms with Crippen molar-refractivity contribution in [2.45, 2.75) is 64.1 Å². The molecule has 59 heavy (non-hydrogen) atoms. The molecule has 2 fully saturated rings. The van der Waals surface area contributed by atoms with Crippen molar-refractivity contribution in [3.8, 4) is 40.3 Å². The largest absolute Gasteiger partial charge is 0.481 e. The summed E-state index contributed by atoms with van der Waals surface area (Å²) in [6.45, 7) is 5.16. The number of hydrogen-bond acceptors (Lipinski definition) is 11. The van der Waals surface area contributed by atoms with Crippen LogP contribution in [0.2, 0.25) is 0 Å². The van der Waals surface area contributed by atoms with Crippen LogP contribution in [0, 0.1) is 24.2 Å². The van der Waals surface area contributed by atoms with Crippen LogP contribution in [-0.4, -0.2) is 93.5 Å². The van der Waals surface area contributed by atoms with Crippen LogP contribution in [0.25, 0.3) is 33.4 Å². The van der Waals surface area contributed by atoms with Gasteiger partial charge in [-0.25, -0.2) is 4.98 Å². The number of benzene rings is 2. The normalized spacial score (nSPS) is 20.0. The minimum atomic E-state index is -4.84. The molecule has 0 bridgehead atoms. The number of nitrogens with zero attached hydrogens (tertiary/aromatic N) is 7. The number of carboxylic acids is 1. The monoisotopic (exact) mass is 811 g/mol. The number of carboxylic acid groups (broad SMARTS) is 1. The second-order valence-electron chi connectivity index (χ2n) is 15.4. The zero-order valence-electron chi connectivity index (χ0n) is 32.9. The molecule has 16 heteroatoms. The summed E-state index contributed by atoms with van der Waals surface area (Å²) >= 11 is 0. The van der Waals surface area contributed by atoms with Crippen molar-refractivity contribution in [3.63, 3.8) is 0 Å². The van der Waals surface area contributed by atoms with Crippen LogP contribution < -0.4 is 15.0 Å². The molecule has 13 nitrogen and oxygen atoms in total. The third-order valence-corrected chi connectivity index (χ3v) is 11.7. The number of methoxy groups -OCH3 is 1. The number of pyridine rings is 1. The molecule has 5 heterocycles. The van der Waals surface area contributed by atoms with Crippen LogP contribution in [0.4, 0.5) is 13.2 Å². The number of halogens is 3. The highest BCUT2D eigenvalue weighted by atomic mass is 19.4. The Labute approximate surface area is 338 Å². The van der Waals surface area contributed by atoms with Crippen LogP contribution in [0.3, 0.4) is 0 Å². The minimum Gasteiger partial charge on any atom is -0.481 e. The highest BCUT2D eigenvalue weighted by Crippen LogP contribution is 2.45. The van der Waals surface area contributed by atoms with E-state index in [-0.39, 0.29) is 24.0 Å². The van der Waals surface area contributed by atoms with E-state index < -0.39 is 35.9 Å². The van der Waals surface area contributed by atoms with Gasteiger partial charge in [0.1, 0.15) is 34.7 Å². The standard InChI is InChI=1S/C43H44F3N7O6/c1-24-28(6-4-7-29(24)36-18-33-37(58-36)26(19-47)21-53(39(33)48-2)17-16-51-14-12-25(20-51)42(55)56)30-8-5-9-32-31(30)10-11-35(32)59-41-38(43(44,45)46)49-34(40(50-41)57-3)23-52-15-13-27(54)22-52/h4-9,18,21,25,27,35,54H,10-17,20,22-23H2,1-3H3,(H,55,56)/b48-39-/t25-,27-,35+/m1/s1. The Morgan fingerprint density at radius 2 is 1.80 bits per heavy atom. The number of nitriles is 1. The number of furan rings is 1. The Kier molecular flexibility index (Phi) is 10.9. The zero-order valence-corrected chi connectivity index (χ0v) is 32.9. The number of likely N-dealkylation sites (tertiary alicyclic amines) is 2. The Morgan fingerprint density at radius 3 is 2.49 bits per heavy atom. The Balaban J connectivity index is 1.09. The van der Waals surface area contributed by atoms with Gasteiger partial charge in [-0.3, -0.25) is 14.7 Å². The fourth-order valence-corrected chi connectivity index (χ4v) is 8.77. The van der Waals surface area contributed by atoms with Gasteiger partial charge in [-0.15, -0.1) is 0 Å². The molecule has 3 atom stereocenters. The van der Waals surface area contributed by atoms with Crippen molar-refractivity contribution in [2.75, 3.05) is 46.9 Å². The van der Waals surface area contributed by atoms with E-state index in [0.717, 1.165) is 33.4 Å². The summed E-state index contributed by atoms with van der Waals surface area (Å²) in [6, 6.07) is 15.7. The molecule has 3 aliphatic rings. The second-order valence-corrected chi connectivity index (χ2v) is 15.4. The van der Waals surface area contributed by atoms with Crippen molar-refractivity contribution in [1.29, 1.82) is 5.26 Å². The van der Waals surface area contributed by atoms with E-state index >= 15 is 0 Å². The number of fused-ring (bicyclic) bond motifs is 2.